The predicted molar refractivity (Wildman–Crippen MR) is 101 cm³/mol. The van der Waals surface area contributed by atoms with Gasteiger partial charge < -0.3 is 15.0 Å². The lowest BCUT2D eigenvalue weighted by molar-refractivity contribution is -0.118. The molecule has 1 aliphatic rings. The lowest BCUT2D eigenvalue weighted by atomic mass is 10.2. The van der Waals surface area contributed by atoms with Crippen LogP contribution in [0.4, 0.5) is 11.4 Å². The molecular weight excluding hydrogens is 344 g/mol. The van der Waals surface area contributed by atoms with Crippen molar-refractivity contribution < 1.29 is 9.53 Å². The number of carbonyl (C=O) groups excluding carboxylic acids is 1. The Balaban J connectivity index is 1.28. The van der Waals surface area contributed by atoms with Crippen LogP contribution in [0.3, 0.4) is 0 Å². The van der Waals surface area contributed by atoms with Crippen molar-refractivity contribution in [3.63, 3.8) is 0 Å². The number of anilines is 2. The van der Waals surface area contributed by atoms with E-state index in [9.17, 15) is 4.79 Å². The summed E-state index contributed by atoms with van der Waals surface area (Å²) in [6.07, 6.45) is 4.00. The molecule has 3 aromatic rings. The van der Waals surface area contributed by atoms with Gasteiger partial charge in [0.25, 0.3) is 5.91 Å². The Labute approximate surface area is 156 Å². The van der Waals surface area contributed by atoms with E-state index < -0.39 is 0 Å². The zero-order valence-electron chi connectivity index (χ0n) is 14.8. The van der Waals surface area contributed by atoms with Gasteiger partial charge in [-0.15, -0.1) is 5.10 Å². The molecule has 2 aromatic carbocycles. The third-order valence-electron chi connectivity index (χ3n) is 4.44. The molecule has 138 valence electrons. The molecule has 1 aromatic heterocycles. The number of hydrogen-bond donors (Lipinski definition) is 1. The van der Waals surface area contributed by atoms with Crippen LogP contribution in [0.5, 0.6) is 5.75 Å². The molecule has 0 unspecified atom stereocenters. The number of tetrazole rings is 1. The fourth-order valence-electron chi connectivity index (χ4n) is 3.05. The maximum Gasteiger partial charge on any atom is 0.262 e. The van der Waals surface area contributed by atoms with Crippen molar-refractivity contribution in [3.05, 3.63) is 54.9 Å². The third kappa shape index (κ3) is 4.22. The molecule has 1 fully saturated rings. The number of hydrogen-bond acceptors (Lipinski definition) is 6. The van der Waals surface area contributed by atoms with Gasteiger partial charge in [0.1, 0.15) is 12.1 Å². The Morgan fingerprint density at radius 1 is 1.00 bits per heavy atom. The fourth-order valence-corrected chi connectivity index (χ4v) is 3.05. The molecule has 0 atom stereocenters. The highest BCUT2D eigenvalue weighted by Gasteiger charge is 2.12. The maximum atomic E-state index is 12.1. The van der Waals surface area contributed by atoms with Crippen molar-refractivity contribution in [3.8, 4) is 11.4 Å². The smallest absolute Gasteiger partial charge is 0.262 e. The zero-order valence-corrected chi connectivity index (χ0v) is 14.8. The van der Waals surface area contributed by atoms with Gasteiger partial charge in [0.15, 0.2) is 6.61 Å². The van der Waals surface area contributed by atoms with E-state index in [0.29, 0.717) is 5.75 Å². The van der Waals surface area contributed by atoms with Crippen LogP contribution in [0.25, 0.3) is 5.69 Å². The number of aromatic nitrogens is 4. The minimum Gasteiger partial charge on any atom is -0.484 e. The summed E-state index contributed by atoms with van der Waals surface area (Å²) in [5.74, 6) is 0.403. The Hall–Kier alpha value is -3.42. The number of amides is 1. The molecule has 0 radical (unpaired) electrons. The first-order valence-corrected chi connectivity index (χ1v) is 8.89. The van der Waals surface area contributed by atoms with E-state index in [2.05, 4.69) is 25.7 Å². The van der Waals surface area contributed by atoms with Gasteiger partial charge in [-0.3, -0.25) is 4.79 Å². The van der Waals surface area contributed by atoms with Gasteiger partial charge in [-0.2, -0.15) is 0 Å². The molecule has 1 aliphatic heterocycles. The normalized spacial score (nSPS) is 13.6. The lowest BCUT2D eigenvalue weighted by Gasteiger charge is -2.17. The SMILES string of the molecule is O=C(COc1ccc(-n2cnnn2)cc1)Nc1ccc(N2CCCC2)cc1. The van der Waals surface area contributed by atoms with Crippen LogP contribution in [-0.2, 0) is 4.79 Å². The van der Waals surface area contributed by atoms with E-state index in [-0.39, 0.29) is 12.5 Å². The van der Waals surface area contributed by atoms with Crippen LogP contribution >= 0.6 is 0 Å². The highest BCUT2D eigenvalue weighted by Crippen LogP contribution is 2.22. The molecule has 8 nitrogen and oxygen atoms in total. The minimum atomic E-state index is -0.200. The second-order valence-corrected chi connectivity index (χ2v) is 6.33. The van der Waals surface area contributed by atoms with Gasteiger partial charge in [0.05, 0.1) is 5.69 Å². The van der Waals surface area contributed by atoms with Crippen molar-refractivity contribution in [2.45, 2.75) is 12.8 Å². The Kier molecular flexibility index (Phi) is 4.95. The first-order chi connectivity index (χ1) is 13.3. The summed E-state index contributed by atoms with van der Waals surface area (Å²) in [7, 11) is 0. The average molecular weight is 364 g/mol. The number of ether oxygens (including phenoxy) is 1. The van der Waals surface area contributed by atoms with E-state index in [1.165, 1.54) is 24.9 Å². The van der Waals surface area contributed by atoms with Crippen molar-refractivity contribution in [2.24, 2.45) is 0 Å². The van der Waals surface area contributed by atoms with Crippen molar-refractivity contribution in [2.75, 3.05) is 29.9 Å². The van der Waals surface area contributed by atoms with E-state index in [1.54, 1.807) is 16.8 Å². The number of nitrogens with zero attached hydrogens (tertiary/aromatic N) is 5. The largest absolute Gasteiger partial charge is 0.484 e. The molecule has 1 N–H and O–H groups in total. The minimum absolute atomic E-state index is 0.0574. The van der Waals surface area contributed by atoms with Crippen LogP contribution in [0.15, 0.2) is 54.9 Å². The van der Waals surface area contributed by atoms with Crippen LogP contribution < -0.4 is 15.0 Å². The van der Waals surface area contributed by atoms with Crippen LogP contribution in [-0.4, -0.2) is 45.8 Å². The molecule has 0 aliphatic carbocycles. The summed E-state index contributed by atoms with van der Waals surface area (Å²) in [5.41, 5.74) is 2.78. The van der Waals surface area contributed by atoms with Gasteiger partial charge in [-0.1, -0.05) is 0 Å². The maximum absolute atomic E-state index is 12.1. The molecule has 1 saturated heterocycles. The van der Waals surface area contributed by atoms with Gasteiger partial charge in [0.2, 0.25) is 0 Å². The number of carbonyl (C=O) groups is 1. The molecule has 8 heteroatoms. The molecule has 0 bridgehead atoms. The second-order valence-electron chi connectivity index (χ2n) is 6.33. The van der Waals surface area contributed by atoms with E-state index in [1.807, 2.05) is 36.4 Å². The highest BCUT2D eigenvalue weighted by atomic mass is 16.5. The molecule has 0 saturated carbocycles. The van der Waals surface area contributed by atoms with E-state index in [0.717, 1.165) is 24.5 Å². The predicted octanol–water partition coefficient (Wildman–Crippen LogP) is 2.28. The summed E-state index contributed by atoms with van der Waals surface area (Å²) in [6, 6.07) is 15.1. The Bertz CT molecular complexity index is 872. The standard InChI is InChI=1S/C19H20N6O2/c26-19(21-15-3-5-16(6-4-15)24-11-1-2-12-24)13-27-18-9-7-17(8-10-18)25-14-20-22-23-25/h3-10,14H,1-2,11-13H2,(H,21,26). The Morgan fingerprint density at radius 3 is 2.37 bits per heavy atom. The van der Waals surface area contributed by atoms with Gasteiger partial charge >= 0.3 is 0 Å². The molecule has 27 heavy (non-hydrogen) atoms. The lowest BCUT2D eigenvalue weighted by Crippen LogP contribution is -2.20. The average Bonchev–Trinajstić information content (AvgIpc) is 3.41. The summed E-state index contributed by atoms with van der Waals surface area (Å²) in [5, 5.41) is 13.9. The monoisotopic (exact) mass is 364 g/mol. The Morgan fingerprint density at radius 2 is 1.70 bits per heavy atom. The molecule has 1 amide bonds. The van der Waals surface area contributed by atoms with E-state index >= 15 is 0 Å². The molecule has 0 spiro atoms. The van der Waals surface area contributed by atoms with E-state index in [4.69, 9.17) is 4.74 Å². The quantitative estimate of drug-likeness (QED) is 0.722. The van der Waals surface area contributed by atoms with Crippen molar-refractivity contribution in [1.29, 1.82) is 0 Å². The van der Waals surface area contributed by atoms with Crippen LogP contribution in [0.1, 0.15) is 12.8 Å². The van der Waals surface area contributed by atoms with Crippen molar-refractivity contribution >= 4 is 17.3 Å². The topological polar surface area (TPSA) is 85.2 Å². The van der Waals surface area contributed by atoms with Gasteiger partial charge in [-0.25, -0.2) is 4.68 Å². The molecule has 4 rings (SSSR count). The van der Waals surface area contributed by atoms with Crippen LogP contribution in [0.2, 0.25) is 0 Å². The first-order valence-electron chi connectivity index (χ1n) is 8.89. The summed E-state index contributed by atoms with van der Waals surface area (Å²) in [4.78, 5) is 14.5. The highest BCUT2D eigenvalue weighted by molar-refractivity contribution is 5.92. The zero-order chi connectivity index (χ0) is 18.5. The number of nitrogens with one attached hydrogen (secondary N) is 1. The summed E-state index contributed by atoms with van der Waals surface area (Å²) in [6.45, 7) is 2.15. The van der Waals surface area contributed by atoms with Gasteiger partial charge in [0, 0.05) is 24.5 Å². The van der Waals surface area contributed by atoms with Gasteiger partial charge in [-0.05, 0) is 71.8 Å². The third-order valence-corrected chi connectivity index (χ3v) is 4.44. The number of benzene rings is 2. The van der Waals surface area contributed by atoms with Crippen molar-refractivity contribution in [1.82, 2.24) is 20.2 Å². The first kappa shape index (κ1) is 17.0. The fraction of sp³-hybridized carbons (Fsp3) is 0.263. The number of rotatable bonds is 6. The van der Waals surface area contributed by atoms with Crippen LogP contribution in [0, 0.1) is 0 Å². The summed E-state index contributed by atoms with van der Waals surface area (Å²) < 4.78 is 7.08. The molecule has 2 heterocycles. The summed E-state index contributed by atoms with van der Waals surface area (Å²) >= 11 is 0. The molecular formula is C19H20N6O2. The second kappa shape index (κ2) is 7.86.